The zero-order chi connectivity index (χ0) is 16.7. The summed E-state index contributed by atoms with van der Waals surface area (Å²) in [5.74, 6) is -7.77. The standard InChI is InChI=1S/C14H8F4N2O3/c15-10-5(1-2-8(21)12(10)17)19-6-3-7-14(13(18)11(6)16)23-4-9(22)20-7/h1-3,19,21H,4H2,(H,20,22). The average Bonchev–Trinajstić information content (AvgIpc) is 2.52. The molecule has 2 aromatic rings. The van der Waals surface area contributed by atoms with Crippen molar-refractivity contribution in [3.63, 3.8) is 0 Å². The lowest BCUT2D eigenvalue weighted by atomic mass is 10.2. The number of carbonyl (C=O) groups is 1. The molecule has 0 saturated carbocycles. The van der Waals surface area contributed by atoms with Crippen LogP contribution in [0, 0.1) is 23.3 Å². The molecular weight excluding hydrogens is 320 g/mol. The molecule has 2 aromatic carbocycles. The smallest absolute Gasteiger partial charge is 0.262 e. The third-order valence-corrected chi connectivity index (χ3v) is 3.11. The summed E-state index contributed by atoms with van der Waals surface area (Å²) in [7, 11) is 0. The van der Waals surface area contributed by atoms with Crippen molar-refractivity contribution in [2.24, 2.45) is 0 Å². The van der Waals surface area contributed by atoms with Crippen LogP contribution in [0.3, 0.4) is 0 Å². The second-order valence-corrected chi connectivity index (χ2v) is 4.65. The molecule has 0 saturated heterocycles. The van der Waals surface area contributed by atoms with Crippen molar-refractivity contribution in [1.82, 2.24) is 0 Å². The number of hydrogen-bond acceptors (Lipinski definition) is 4. The molecule has 1 aliphatic rings. The van der Waals surface area contributed by atoms with Crippen LogP contribution in [-0.2, 0) is 4.79 Å². The van der Waals surface area contributed by atoms with Crippen molar-refractivity contribution in [1.29, 1.82) is 0 Å². The Labute approximate surface area is 126 Å². The first-order valence-corrected chi connectivity index (χ1v) is 6.27. The molecule has 3 rings (SSSR count). The van der Waals surface area contributed by atoms with E-state index in [4.69, 9.17) is 9.84 Å². The minimum Gasteiger partial charge on any atom is -0.505 e. The molecule has 0 fully saturated rings. The molecule has 3 N–H and O–H groups in total. The molecule has 23 heavy (non-hydrogen) atoms. The van der Waals surface area contributed by atoms with Crippen LogP contribution in [0.25, 0.3) is 0 Å². The van der Waals surface area contributed by atoms with E-state index in [2.05, 4.69) is 10.6 Å². The molecule has 0 atom stereocenters. The molecule has 0 aliphatic carbocycles. The largest absolute Gasteiger partial charge is 0.505 e. The first-order chi connectivity index (χ1) is 10.9. The maximum Gasteiger partial charge on any atom is 0.262 e. The maximum atomic E-state index is 14.0. The van der Waals surface area contributed by atoms with E-state index in [-0.39, 0.29) is 5.69 Å². The first-order valence-electron chi connectivity index (χ1n) is 6.27. The summed E-state index contributed by atoms with van der Waals surface area (Å²) in [6.07, 6.45) is 0. The molecule has 1 heterocycles. The van der Waals surface area contributed by atoms with E-state index in [9.17, 15) is 22.4 Å². The van der Waals surface area contributed by atoms with E-state index in [1.54, 1.807) is 0 Å². The van der Waals surface area contributed by atoms with Gasteiger partial charge in [-0.1, -0.05) is 0 Å². The van der Waals surface area contributed by atoms with Gasteiger partial charge in [-0.05, 0) is 18.2 Å². The predicted molar refractivity (Wildman–Crippen MR) is 71.8 cm³/mol. The number of amides is 1. The van der Waals surface area contributed by atoms with E-state index < -0.39 is 58.7 Å². The predicted octanol–water partition coefficient (Wildman–Crippen LogP) is 3.02. The molecule has 0 radical (unpaired) electrons. The molecule has 1 aliphatic heterocycles. The summed E-state index contributed by atoms with van der Waals surface area (Å²) in [4.78, 5) is 11.2. The zero-order valence-electron chi connectivity index (χ0n) is 11.2. The molecule has 1 amide bonds. The Bertz CT molecular complexity index is 826. The van der Waals surface area contributed by atoms with Gasteiger partial charge in [-0.15, -0.1) is 0 Å². The van der Waals surface area contributed by atoms with E-state index in [0.29, 0.717) is 0 Å². The van der Waals surface area contributed by atoms with Gasteiger partial charge >= 0.3 is 0 Å². The topological polar surface area (TPSA) is 70.6 Å². The summed E-state index contributed by atoms with van der Waals surface area (Å²) in [6, 6.07) is 2.77. The Balaban J connectivity index is 2.04. The molecule has 0 spiro atoms. The molecule has 5 nitrogen and oxygen atoms in total. The Hall–Kier alpha value is -2.97. The van der Waals surface area contributed by atoms with Crippen LogP contribution in [-0.4, -0.2) is 17.6 Å². The first kappa shape index (κ1) is 14.9. The van der Waals surface area contributed by atoms with Gasteiger partial charge in [0.15, 0.2) is 29.7 Å². The fourth-order valence-electron chi connectivity index (χ4n) is 2.04. The molecule has 0 aromatic heterocycles. The fraction of sp³-hybridized carbons (Fsp3) is 0.0714. The number of halogens is 4. The molecular formula is C14H8F4N2O3. The van der Waals surface area contributed by atoms with E-state index in [1.807, 2.05) is 0 Å². The van der Waals surface area contributed by atoms with Gasteiger partial charge in [0, 0.05) is 0 Å². The minimum absolute atomic E-state index is 0.151. The highest BCUT2D eigenvalue weighted by atomic mass is 19.2. The number of anilines is 3. The molecule has 9 heteroatoms. The Kier molecular flexibility index (Phi) is 3.47. The van der Waals surface area contributed by atoms with Crippen LogP contribution in [0.5, 0.6) is 11.5 Å². The summed E-state index contributed by atoms with van der Waals surface area (Å²) in [5.41, 5.74) is -1.22. The lowest BCUT2D eigenvalue weighted by Gasteiger charge is -2.20. The van der Waals surface area contributed by atoms with Gasteiger partial charge < -0.3 is 20.5 Å². The number of phenols is 1. The van der Waals surface area contributed by atoms with Crippen LogP contribution in [0.1, 0.15) is 0 Å². The average molecular weight is 328 g/mol. The molecule has 0 bridgehead atoms. The van der Waals surface area contributed by atoms with Gasteiger partial charge in [0.2, 0.25) is 11.6 Å². The lowest BCUT2D eigenvalue weighted by Crippen LogP contribution is -2.26. The van der Waals surface area contributed by atoms with Gasteiger partial charge in [0.25, 0.3) is 5.91 Å². The summed E-state index contributed by atoms with van der Waals surface area (Å²) >= 11 is 0. The number of aromatic hydroxyl groups is 1. The van der Waals surface area contributed by atoms with Gasteiger partial charge in [-0.3, -0.25) is 4.79 Å². The van der Waals surface area contributed by atoms with Crippen molar-refractivity contribution in [2.45, 2.75) is 0 Å². The van der Waals surface area contributed by atoms with Crippen molar-refractivity contribution < 1.29 is 32.2 Å². The second kappa shape index (κ2) is 5.34. The minimum atomic E-state index is -1.54. The highest BCUT2D eigenvalue weighted by Gasteiger charge is 2.26. The monoisotopic (exact) mass is 328 g/mol. The quantitative estimate of drug-likeness (QED) is 0.585. The lowest BCUT2D eigenvalue weighted by molar-refractivity contribution is -0.118. The number of rotatable bonds is 2. The number of benzene rings is 2. The van der Waals surface area contributed by atoms with Crippen LogP contribution in [0.2, 0.25) is 0 Å². The third kappa shape index (κ3) is 2.50. The SMILES string of the molecule is O=C1COc2c(cc(Nc3ccc(O)c(F)c3F)c(F)c2F)N1. The Morgan fingerprint density at radius 3 is 2.48 bits per heavy atom. The van der Waals surface area contributed by atoms with Crippen molar-refractivity contribution >= 4 is 23.0 Å². The van der Waals surface area contributed by atoms with Crippen LogP contribution < -0.4 is 15.4 Å². The number of fused-ring (bicyclic) bond motifs is 1. The van der Waals surface area contributed by atoms with E-state index >= 15 is 0 Å². The van der Waals surface area contributed by atoms with Crippen molar-refractivity contribution in [3.05, 3.63) is 41.5 Å². The normalized spacial score (nSPS) is 13.1. The zero-order valence-corrected chi connectivity index (χ0v) is 11.2. The number of phenolic OH excluding ortho intramolecular Hbond substituents is 1. The molecule has 120 valence electrons. The Morgan fingerprint density at radius 1 is 1.04 bits per heavy atom. The summed E-state index contributed by atoms with van der Waals surface area (Å²) in [5, 5.41) is 13.5. The Morgan fingerprint density at radius 2 is 1.74 bits per heavy atom. The van der Waals surface area contributed by atoms with Gasteiger partial charge in [-0.25, -0.2) is 8.78 Å². The molecule has 0 unspecified atom stereocenters. The van der Waals surface area contributed by atoms with Gasteiger partial charge in [-0.2, -0.15) is 8.78 Å². The van der Waals surface area contributed by atoms with Crippen LogP contribution in [0.15, 0.2) is 18.2 Å². The van der Waals surface area contributed by atoms with Gasteiger partial charge in [0.05, 0.1) is 17.1 Å². The second-order valence-electron chi connectivity index (χ2n) is 4.65. The van der Waals surface area contributed by atoms with Crippen LogP contribution in [0.4, 0.5) is 34.6 Å². The van der Waals surface area contributed by atoms with Crippen LogP contribution >= 0.6 is 0 Å². The van der Waals surface area contributed by atoms with Crippen molar-refractivity contribution in [2.75, 3.05) is 17.2 Å². The third-order valence-electron chi connectivity index (χ3n) is 3.11. The number of nitrogens with one attached hydrogen (secondary N) is 2. The fourth-order valence-corrected chi connectivity index (χ4v) is 2.04. The summed E-state index contributed by atoms with van der Waals surface area (Å²) in [6.45, 7) is -0.464. The van der Waals surface area contributed by atoms with E-state index in [0.717, 1.165) is 18.2 Å². The number of carbonyl (C=O) groups excluding carboxylic acids is 1. The van der Waals surface area contributed by atoms with Gasteiger partial charge in [0.1, 0.15) is 0 Å². The number of hydrogen-bond donors (Lipinski definition) is 3. The highest BCUT2D eigenvalue weighted by Crippen LogP contribution is 2.38. The highest BCUT2D eigenvalue weighted by molar-refractivity contribution is 5.96. The maximum absolute atomic E-state index is 14.0. The van der Waals surface area contributed by atoms with E-state index in [1.165, 1.54) is 0 Å². The number of ether oxygens (including phenoxy) is 1. The summed E-state index contributed by atoms with van der Waals surface area (Å²) < 4.78 is 59.7. The van der Waals surface area contributed by atoms with Crippen molar-refractivity contribution in [3.8, 4) is 11.5 Å².